The van der Waals surface area contributed by atoms with E-state index >= 15 is 0 Å². The number of aliphatic hydroxyl groups is 1. The van der Waals surface area contributed by atoms with Crippen LogP contribution in [0.4, 0.5) is 0 Å². The molecular weight excluding hydrogens is 316 g/mol. The van der Waals surface area contributed by atoms with Crippen LogP contribution >= 0.6 is 0 Å². The van der Waals surface area contributed by atoms with Gasteiger partial charge in [0.1, 0.15) is 5.60 Å². The average molecular weight is 340 g/mol. The molecule has 5 heteroatoms. The molecule has 0 aliphatic carbocycles. The molecule has 1 aromatic carbocycles. The molecule has 25 heavy (non-hydrogen) atoms. The number of benzene rings is 1. The second-order valence-corrected chi connectivity index (χ2v) is 7.01. The van der Waals surface area contributed by atoms with Gasteiger partial charge in [0.05, 0.1) is 26.0 Å². The summed E-state index contributed by atoms with van der Waals surface area (Å²) in [6, 6.07) is 16.5. The number of pyridine rings is 1. The summed E-state index contributed by atoms with van der Waals surface area (Å²) in [6.45, 7) is 2.19. The lowest BCUT2D eigenvalue weighted by atomic mass is 9.78. The van der Waals surface area contributed by atoms with Gasteiger partial charge in [-0.2, -0.15) is 0 Å². The molecule has 0 spiro atoms. The molecule has 2 aromatic rings. The Labute approximate surface area is 148 Å². The van der Waals surface area contributed by atoms with Crippen molar-refractivity contribution in [2.75, 3.05) is 20.3 Å². The molecule has 5 nitrogen and oxygen atoms in total. The van der Waals surface area contributed by atoms with Gasteiger partial charge in [0.25, 0.3) is 0 Å². The third kappa shape index (κ3) is 3.27. The van der Waals surface area contributed by atoms with Crippen LogP contribution in [-0.2, 0) is 16.9 Å². The Balaban J connectivity index is 1.58. The summed E-state index contributed by atoms with van der Waals surface area (Å²) >= 11 is 0. The monoisotopic (exact) mass is 340 g/mol. The number of methoxy groups -OCH3 is 1. The van der Waals surface area contributed by atoms with Gasteiger partial charge < -0.3 is 14.6 Å². The van der Waals surface area contributed by atoms with Crippen molar-refractivity contribution in [1.29, 1.82) is 0 Å². The van der Waals surface area contributed by atoms with Gasteiger partial charge in [-0.3, -0.25) is 4.90 Å². The van der Waals surface area contributed by atoms with Gasteiger partial charge >= 0.3 is 0 Å². The van der Waals surface area contributed by atoms with Crippen LogP contribution in [0.5, 0.6) is 5.88 Å². The number of nitrogens with zero attached hydrogens (tertiary/aromatic N) is 2. The summed E-state index contributed by atoms with van der Waals surface area (Å²) in [5, 5.41) is 11.4. The third-order valence-corrected chi connectivity index (χ3v) is 5.32. The minimum atomic E-state index is -0.930. The Morgan fingerprint density at radius 3 is 2.52 bits per heavy atom. The van der Waals surface area contributed by atoms with Crippen LogP contribution in [0.2, 0.25) is 0 Å². The molecule has 1 aromatic heterocycles. The first kappa shape index (κ1) is 16.5. The number of ether oxygens (including phenoxy) is 2. The lowest BCUT2D eigenvalue weighted by Crippen LogP contribution is -2.60. The maximum atomic E-state index is 11.4. The molecule has 1 N–H and O–H groups in total. The Morgan fingerprint density at radius 1 is 1.12 bits per heavy atom. The molecule has 0 saturated carbocycles. The lowest BCUT2D eigenvalue weighted by molar-refractivity contribution is -0.151. The number of hydrogen-bond acceptors (Lipinski definition) is 5. The summed E-state index contributed by atoms with van der Waals surface area (Å²) in [7, 11) is 1.60. The number of hydrogen-bond donors (Lipinski definition) is 1. The maximum Gasteiger partial charge on any atom is 0.213 e. The van der Waals surface area contributed by atoms with Gasteiger partial charge in [0.15, 0.2) is 0 Å². The Bertz CT molecular complexity index is 708. The summed E-state index contributed by atoms with van der Waals surface area (Å²) in [6.07, 6.45) is 1.24. The van der Waals surface area contributed by atoms with Crippen LogP contribution in [0.15, 0.2) is 48.5 Å². The zero-order valence-electron chi connectivity index (χ0n) is 14.5. The fraction of sp³-hybridized carbons (Fsp3) is 0.450. The van der Waals surface area contributed by atoms with E-state index < -0.39 is 5.60 Å². The van der Waals surface area contributed by atoms with E-state index in [0.717, 1.165) is 6.54 Å². The van der Waals surface area contributed by atoms with Gasteiger partial charge in [-0.1, -0.05) is 36.4 Å². The number of aromatic nitrogens is 1. The number of fused-ring (bicyclic) bond motifs is 2. The molecule has 2 fully saturated rings. The highest BCUT2D eigenvalue weighted by molar-refractivity contribution is 5.23. The maximum absolute atomic E-state index is 11.4. The van der Waals surface area contributed by atoms with Crippen molar-refractivity contribution in [1.82, 2.24) is 9.88 Å². The minimum Gasteiger partial charge on any atom is -0.481 e. The van der Waals surface area contributed by atoms with Crippen LogP contribution in [0.1, 0.15) is 24.1 Å². The Kier molecular flexibility index (Phi) is 4.46. The zero-order valence-corrected chi connectivity index (χ0v) is 14.5. The molecule has 2 saturated heterocycles. The predicted molar refractivity (Wildman–Crippen MR) is 94.3 cm³/mol. The van der Waals surface area contributed by atoms with Crippen molar-refractivity contribution < 1.29 is 14.6 Å². The van der Waals surface area contributed by atoms with Crippen molar-refractivity contribution in [2.45, 2.75) is 37.1 Å². The van der Waals surface area contributed by atoms with Crippen LogP contribution < -0.4 is 4.74 Å². The topological polar surface area (TPSA) is 54.8 Å². The van der Waals surface area contributed by atoms with Gasteiger partial charge in [-0.15, -0.1) is 0 Å². The summed E-state index contributed by atoms with van der Waals surface area (Å²) < 4.78 is 11.0. The summed E-state index contributed by atoms with van der Waals surface area (Å²) in [5.74, 6) is 0.541. The largest absolute Gasteiger partial charge is 0.481 e. The van der Waals surface area contributed by atoms with Gasteiger partial charge in [-0.25, -0.2) is 4.98 Å². The highest BCUT2D eigenvalue weighted by atomic mass is 16.5. The normalized spacial score (nSPS) is 29.4. The van der Waals surface area contributed by atoms with Crippen molar-refractivity contribution in [3.8, 4) is 5.88 Å². The Morgan fingerprint density at radius 2 is 1.84 bits per heavy atom. The second kappa shape index (κ2) is 6.75. The molecule has 2 unspecified atom stereocenters. The van der Waals surface area contributed by atoms with E-state index in [4.69, 9.17) is 9.47 Å². The molecular formula is C20H24N2O3. The van der Waals surface area contributed by atoms with Crippen LogP contribution in [0, 0.1) is 0 Å². The smallest absolute Gasteiger partial charge is 0.213 e. The average Bonchev–Trinajstić information content (AvgIpc) is 2.64. The molecule has 132 valence electrons. The first-order chi connectivity index (χ1) is 12.2. The van der Waals surface area contributed by atoms with E-state index in [0.29, 0.717) is 37.6 Å². The quantitative estimate of drug-likeness (QED) is 0.926. The van der Waals surface area contributed by atoms with Crippen LogP contribution in [0.25, 0.3) is 0 Å². The van der Waals surface area contributed by atoms with Crippen LogP contribution in [0.3, 0.4) is 0 Å². The van der Waals surface area contributed by atoms with E-state index in [1.807, 2.05) is 18.2 Å². The molecule has 2 aliphatic rings. The molecule has 2 atom stereocenters. The van der Waals surface area contributed by atoms with E-state index in [2.05, 4.69) is 34.1 Å². The van der Waals surface area contributed by atoms with E-state index in [9.17, 15) is 5.11 Å². The SMILES string of the molecule is COc1cccc(C2(O)CC3COCC(C2)N3Cc2ccccc2)n1. The Hall–Kier alpha value is -1.95. The molecule has 0 radical (unpaired) electrons. The lowest BCUT2D eigenvalue weighted by Gasteiger charge is -2.51. The number of piperidine rings is 1. The molecule has 2 aliphatic heterocycles. The van der Waals surface area contributed by atoms with Crippen molar-refractivity contribution in [2.24, 2.45) is 0 Å². The van der Waals surface area contributed by atoms with Crippen molar-refractivity contribution in [3.05, 3.63) is 59.8 Å². The molecule has 0 amide bonds. The standard InChI is InChI=1S/C20H24N2O3/c1-24-19-9-5-8-18(21-19)20(23)10-16-13-25-14-17(11-20)22(16)12-15-6-3-2-4-7-15/h2-9,16-17,23H,10-14H2,1H3. The van der Waals surface area contributed by atoms with Crippen molar-refractivity contribution in [3.63, 3.8) is 0 Å². The summed E-state index contributed by atoms with van der Waals surface area (Å²) in [5.41, 5.74) is 1.06. The second-order valence-electron chi connectivity index (χ2n) is 7.01. The summed E-state index contributed by atoms with van der Waals surface area (Å²) in [4.78, 5) is 6.97. The molecule has 3 heterocycles. The number of rotatable bonds is 4. The van der Waals surface area contributed by atoms with E-state index in [1.54, 1.807) is 13.2 Å². The third-order valence-electron chi connectivity index (χ3n) is 5.32. The number of morpholine rings is 1. The van der Waals surface area contributed by atoms with E-state index in [1.165, 1.54) is 5.56 Å². The van der Waals surface area contributed by atoms with Crippen LogP contribution in [-0.4, -0.2) is 47.4 Å². The van der Waals surface area contributed by atoms with Crippen molar-refractivity contribution >= 4 is 0 Å². The molecule has 4 rings (SSSR count). The fourth-order valence-corrected chi connectivity index (χ4v) is 4.09. The van der Waals surface area contributed by atoms with E-state index in [-0.39, 0.29) is 12.1 Å². The van der Waals surface area contributed by atoms with Gasteiger partial charge in [-0.05, 0) is 24.5 Å². The highest BCUT2D eigenvalue weighted by Gasteiger charge is 2.47. The minimum absolute atomic E-state index is 0.186. The van der Waals surface area contributed by atoms with Gasteiger partial charge in [0.2, 0.25) is 5.88 Å². The highest BCUT2D eigenvalue weighted by Crippen LogP contribution is 2.41. The fourth-order valence-electron chi connectivity index (χ4n) is 4.09. The zero-order chi connectivity index (χ0) is 17.3. The first-order valence-corrected chi connectivity index (χ1v) is 8.79. The molecule has 2 bridgehead atoms. The van der Waals surface area contributed by atoms with Gasteiger partial charge in [0, 0.05) is 24.7 Å². The predicted octanol–water partition coefficient (Wildman–Crippen LogP) is 2.34. The first-order valence-electron chi connectivity index (χ1n) is 8.79.